The molecule has 0 saturated carbocycles. The standard InChI is InChI=1S/C22H24N4O3/c1-3-26(18-7-5-4-6-8-18)21(27)17-15-24-22(25-16-17)23-13-14-29-20-11-9-19(28-2)10-12-20/h4-12,15-16H,3,13-14H2,1-2H3,(H,23,24,25). The fourth-order valence-electron chi connectivity index (χ4n) is 2.74. The van der Waals surface area contributed by atoms with Crippen LogP contribution in [0.3, 0.4) is 0 Å². The fraction of sp³-hybridized carbons (Fsp3) is 0.227. The zero-order valence-corrected chi connectivity index (χ0v) is 16.5. The van der Waals surface area contributed by atoms with Gasteiger partial charge in [-0.3, -0.25) is 4.79 Å². The number of ether oxygens (including phenoxy) is 2. The minimum atomic E-state index is -0.131. The van der Waals surface area contributed by atoms with Crippen LogP contribution in [0.15, 0.2) is 67.0 Å². The van der Waals surface area contributed by atoms with Gasteiger partial charge < -0.3 is 19.7 Å². The molecule has 0 unspecified atom stereocenters. The number of para-hydroxylation sites is 1. The molecule has 0 atom stereocenters. The van der Waals surface area contributed by atoms with Crippen LogP contribution >= 0.6 is 0 Å². The van der Waals surface area contributed by atoms with E-state index in [0.717, 1.165) is 17.2 Å². The van der Waals surface area contributed by atoms with Gasteiger partial charge in [-0.2, -0.15) is 0 Å². The van der Waals surface area contributed by atoms with Crippen LogP contribution in [0.25, 0.3) is 0 Å². The van der Waals surface area contributed by atoms with Gasteiger partial charge in [0.15, 0.2) is 0 Å². The van der Waals surface area contributed by atoms with Crippen LogP contribution in [-0.4, -0.2) is 42.7 Å². The van der Waals surface area contributed by atoms with E-state index in [0.29, 0.717) is 31.2 Å². The number of aromatic nitrogens is 2. The maximum atomic E-state index is 12.7. The summed E-state index contributed by atoms with van der Waals surface area (Å²) in [5.41, 5.74) is 1.29. The minimum Gasteiger partial charge on any atom is -0.497 e. The second-order valence-electron chi connectivity index (χ2n) is 6.13. The van der Waals surface area contributed by atoms with Crippen molar-refractivity contribution >= 4 is 17.5 Å². The third-order valence-corrected chi connectivity index (χ3v) is 4.24. The predicted octanol–water partition coefficient (Wildman–Crippen LogP) is 3.64. The third kappa shape index (κ3) is 5.44. The predicted molar refractivity (Wildman–Crippen MR) is 113 cm³/mol. The first-order chi connectivity index (χ1) is 14.2. The number of hydrogen-bond acceptors (Lipinski definition) is 6. The Hall–Kier alpha value is -3.61. The Kier molecular flexibility index (Phi) is 7.00. The number of benzene rings is 2. The molecule has 0 aliphatic carbocycles. The molecule has 0 aliphatic rings. The van der Waals surface area contributed by atoms with Crippen molar-refractivity contribution in [3.8, 4) is 11.5 Å². The number of carbonyl (C=O) groups is 1. The van der Waals surface area contributed by atoms with Gasteiger partial charge in [-0.15, -0.1) is 0 Å². The van der Waals surface area contributed by atoms with Crippen LogP contribution < -0.4 is 19.7 Å². The largest absolute Gasteiger partial charge is 0.497 e. The van der Waals surface area contributed by atoms with Crippen molar-refractivity contribution in [2.75, 3.05) is 37.0 Å². The Morgan fingerprint density at radius 1 is 1.00 bits per heavy atom. The molecule has 0 radical (unpaired) electrons. The number of carbonyl (C=O) groups excluding carboxylic acids is 1. The summed E-state index contributed by atoms with van der Waals surface area (Å²) in [4.78, 5) is 22.9. The minimum absolute atomic E-state index is 0.131. The van der Waals surface area contributed by atoms with Crippen molar-refractivity contribution in [1.82, 2.24) is 9.97 Å². The molecule has 3 aromatic rings. The fourth-order valence-corrected chi connectivity index (χ4v) is 2.74. The molecule has 1 aromatic heterocycles. The summed E-state index contributed by atoms with van der Waals surface area (Å²) in [7, 11) is 1.63. The first kappa shape index (κ1) is 20.1. The SMILES string of the molecule is CCN(C(=O)c1cnc(NCCOc2ccc(OC)cc2)nc1)c1ccccc1. The lowest BCUT2D eigenvalue weighted by Gasteiger charge is -2.20. The molecule has 7 nitrogen and oxygen atoms in total. The number of anilines is 2. The molecule has 0 saturated heterocycles. The normalized spacial score (nSPS) is 10.3. The van der Waals surface area contributed by atoms with Crippen LogP contribution in [0.4, 0.5) is 11.6 Å². The Balaban J connectivity index is 1.51. The van der Waals surface area contributed by atoms with E-state index in [9.17, 15) is 4.79 Å². The van der Waals surface area contributed by atoms with Crippen LogP contribution in [-0.2, 0) is 0 Å². The Morgan fingerprint density at radius 2 is 1.66 bits per heavy atom. The first-order valence-corrected chi connectivity index (χ1v) is 9.41. The smallest absolute Gasteiger partial charge is 0.261 e. The monoisotopic (exact) mass is 392 g/mol. The molecule has 1 N–H and O–H groups in total. The molecular formula is C22H24N4O3. The van der Waals surface area contributed by atoms with Gasteiger partial charge in [0.05, 0.1) is 19.2 Å². The lowest BCUT2D eigenvalue weighted by molar-refractivity contribution is 0.0987. The van der Waals surface area contributed by atoms with Crippen molar-refractivity contribution in [3.05, 3.63) is 72.6 Å². The molecule has 29 heavy (non-hydrogen) atoms. The lowest BCUT2D eigenvalue weighted by atomic mass is 10.2. The Morgan fingerprint density at radius 3 is 2.28 bits per heavy atom. The molecule has 150 valence electrons. The van der Waals surface area contributed by atoms with Gasteiger partial charge in [0.2, 0.25) is 5.95 Å². The summed E-state index contributed by atoms with van der Waals surface area (Å²) in [6.45, 7) is 3.48. The van der Waals surface area contributed by atoms with Gasteiger partial charge in [0.25, 0.3) is 5.91 Å². The summed E-state index contributed by atoms with van der Waals surface area (Å²) in [6.07, 6.45) is 3.07. The zero-order chi connectivity index (χ0) is 20.5. The van der Waals surface area contributed by atoms with Gasteiger partial charge in [-0.05, 0) is 43.3 Å². The molecular weight excluding hydrogens is 368 g/mol. The molecule has 1 heterocycles. The maximum Gasteiger partial charge on any atom is 0.261 e. The van der Waals surface area contributed by atoms with Crippen molar-refractivity contribution in [1.29, 1.82) is 0 Å². The van der Waals surface area contributed by atoms with Crippen LogP contribution in [0.1, 0.15) is 17.3 Å². The van der Waals surface area contributed by atoms with Gasteiger partial charge in [-0.25, -0.2) is 9.97 Å². The van der Waals surface area contributed by atoms with Crippen molar-refractivity contribution in [3.63, 3.8) is 0 Å². The lowest BCUT2D eigenvalue weighted by Crippen LogP contribution is -2.30. The maximum absolute atomic E-state index is 12.7. The number of rotatable bonds is 9. The third-order valence-electron chi connectivity index (χ3n) is 4.24. The zero-order valence-electron chi connectivity index (χ0n) is 16.5. The van der Waals surface area contributed by atoms with Crippen LogP contribution in [0, 0.1) is 0 Å². The van der Waals surface area contributed by atoms with Gasteiger partial charge in [0, 0.05) is 24.6 Å². The van der Waals surface area contributed by atoms with E-state index in [1.807, 2.05) is 61.5 Å². The molecule has 0 fully saturated rings. The second-order valence-corrected chi connectivity index (χ2v) is 6.13. The molecule has 0 aliphatic heterocycles. The first-order valence-electron chi connectivity index (χ1n) is 9.41. The topological polar surface area (TPSA) is 76.6 Å². The molecule has 7 heteroatoms. The molecule has 0 bridgehead atoms. The molecule has 0 spiro atoms. The highest BCUT2D eigenvalue weighted by Gasteiger charge is 2.16. The van der Waals surface area contributed by atoms with Crippen molar-refractivity contribution in [2.24, 2.45) is 0 Å². The van der Waals surface area contributed by atoms with E-state index in [4.69, 9.17) is 9.47 Å². The van der Waals surface area contributed by atoms with E-state index in [1.165, 1.54) is 12.4 Å². The number of hydrogen-bond donors (Lipinski definition) is 1. The summed E-state index contributed by atoms with van der Waals surface area (Å²) in [5.74, 6) is 1.86. The summed E-state index contributed by atoms with van der Waals surface area (Å²) < 4.78 is 10.8. The number of nitrogens with zero attached hydrogens (tertiary/aromatic N) is 3. The van der Waals surface area contributed by atoms with E-state index in [-0.39, 0.29) is 5.91 Å². The summed E-state index contributed by atoms with van der Waals surface area (Å²) >= 11 is 0. The van der Waals surface area contributed by atoms with E-state index in [2.05, 4.69) is 15.3 Å². The number of nitrogens with one attached hydrogen (secondary N) is 1. The summed E-state index contributed by atoms with van der Waals surface area (Å²) in [5, 5.41) is 3.08. The highest BCUT2D eigenvalue weighted by Crippen LogP contribution is 2.17. The van der Waals surface area contributed by atoms with Crippen LogP contribution in [0.2, 0.25) is 0 Å². The summed E-state index contributed by atoms with van der Waals surface area (Å²) in [6, 6.07) is 16.9. The Bertz CT molecular complexity index is 900. The van der Waals surface area contributed by atoms with Crippen molar-refractivity contribution < 1.29 is 14.3 Å². The molecule has 2 aromatic carbocycles. The highest BCUT2D eigenvalue weighted by molar-refractivity contribution is 6.05. The van der Waals surface area contributed by atoms with E-state index >= 15 is 0 Å². The Labute approximate surface area is 170 Å². The average molecular weight is 392 g/mol. The number of amides is 1. The van der Waals surface area contributed by atoms with Gasteiger partial charge in [-0.1, -0.05) is 18.2 Å². The van der Waals surface area contributed by atoms with E-state index < -0.39 is 0 Å². The average Bonchev–Trinajstić information content (AvgIpc) is 2.79. The van der Waals surface area contributed by atoms with Crippen LogP contribution in [0.5, 0.6) is 11.5 Å². The second kappa shape index (κ2) is 10.1. The van der Waals surface area contributed by atoms with Gasteiger partial charge in [0.1, 0.15) is 18.1 Å². The molecule has 3 rings (SSSR count). The van der Waals surface area contributed by atoms with Gasteiger partial charge >= 0.3 is 0 Å². The van der Waals surface area contributed by atoms with E-state index in [1.54, 1.807) is 12.0 Å². The van der Waals surface area contributed by atoms with Crippen molar-refractivity contribution in [2.45, 2.75) is 6.92 Å². The quantitative estimate of drug-likeness (QED) is 0.560. The number of methoxy groups -OCH3 is 1. The molecule has 1 amide bonds. The highest BCUT2D eigenvalue weighted by atomic mass is 16.5.